The number of benzene rings is 2. The standard InChI is InChI=1S/C19H19N3O4S/c1-25-18-11-20-12-19(21-18)26-15-9-10-22(13-15)27(23,24)17-8-4-6-14-5-2-3-7-16(14)17/h2-8,11-12,15H,9-10,13H2,1H3. The van der Waals surface area contributed by atoms with E-state index in [4.69, 9.17) is 9.47 Å². The van der Waals surface area contributed by atoms with Crippen LogP contribution in [-0.4, -0.2) is 49.0 Å². The first-order valence-corrected chi connectivity index (χ1v) is 10.0. The maximum atomic E-state index is 13.2. The van der Waals surface area contributed by atoms with Crippen molar-refractivity contribution in [2.45, 2.75) is 17.4 Å². The molecule has 1 unspecified atom stereocenters. The van der Waals surface area contributed by atoms with Crippen LogP contribution in [0.4, 0.5) is 0 Å². The van der Waals surface area contributed by atoms with Gasteiger partial charge in [-0.25, -0.2) is 8.42 Å². The Balaban J connectivity index is 1.55. The zero-order valence-electron chi connectivity index (χ0n) is 14.8. The van der Waals surface area contributed by atoms with Crippen LogP contribution in [-0.2, 0) is 10.0 Å². The summed E-state index contributed by atoms with van der Waals surface area (Å²) in [5, 5.41) is 1.63. The van der Waals surface area contributed by atoms with Crippen molar-refractivity contribution >= 4 is 20.8 Å². The van der Waals surface area contributed by atoms with Crippen LogP contribution in [0.1, 0.15) is 6.42 Å². The van der Waals surface area contributed by atoms with E-state index in [9.17, 15) is 8.42 Å². The Morgan fingerprint density at radius 1 is 1.07 bits per heavy atom. The molecule has 0 amide bonds. The minimum absolute atomic E-state index is 0.268. The highest BCUT2D eigenvalue weighted by Gasteiger charge is 2.34. The van der Waals surface area contributed by atoms with Gasteiger partial charge < -0.3 is 9.47 Å². The van der Waals surface area contributed by atoms with Crippen molar-refractivity contribution in [1.82, 2.24) is 14.3 Å². The molecular weight excluding hydrogens is 366 g/mol. The van der Waals surface area contributed by atoms with E-state index in [1.807, 2.05) is 30.3 Å². The van der Waals surface area contributed by atoms with Crippen molar-refractivity contribution in [3.63, 3.8) is 0 Å². The quantitative estimate of drug-likeness (QED) is 0.671. The van der Waals surface area contributed by atoms with Gasteiger partial charge in [0.1, 0.15) is 6.10 Å². The number of methoxy groups -OCH3 is 1. The van der Waals surface area contributed by atoms with Gasteiger partial charge in [-0.05, 0) is 17.9 Å². The van der Waals surface area contributed by atoms with Gasteiger partial charge in [0, 0.05) is 11.9 Å². The molecule has 27 heavy (non-hydrogen) atoms. The number of hydrogen-bond acceptors (Lipinski definition) is 6. The average molecular weight is 385 g/mol. The molecule has 0 aliphatic carbocycles. The molecule has 0 N–H and O–H groups in total. The molecular formula is C19H19N3O4S. The van der Waals surface area contributed by atoms with E-state index < -0.39 is 10.0 Å². The van der Waals surface area contributed by atoms with Crippen molar-refractivity contribution in [3.8, 4) is 11.8 Å². The average Bonchev–Trinajstić information content (AvgIpc) is 3.17. The third kappa shape index (κ3) is 3.45. The van der Waals surface area contributed by atoms with E-state index in [-0.39, 0.29) is 12.6 Å². The summed E-state index contributed by atoms with van der Waals surface area (Å²) in [7, 11) is -2.11. The number of rotatable bonds is 5. The lowest BCUT2D eigenvalue weighted by atomic mass is 10.1. The molecule has 1 atom stereocenters. The molecule has 2 aromatic carbocycles. The minimum Gasteiger partial charge on any atom is -0.480 e. The predicted molar refractivity (Wildman–Crippen MR) is 100 cm³/mol. The fourth-order valence-electron chi connectivity index (χ4n) is 3.23. The largest absolute Gasteiger partial charge is 0.480 e. The van der Waals surface area contributed by atoms with Crippen molar-refractivity contribution in [2.75, 3.05) is 20.2 Å². The fourth-order valence-corrected chi connectivity index (χ4v) is 4.93. The van der Waals surface area contributed by atoms with Crippen LogP contribution < -0.4 is 9.47 Å². The maximum absolute atomic E-state index is 13.2. The van der Waals surface area contributed by atoms with Crippen LogP contribution >= 0.6 is 0 Å². The van der Waals surface area contributed by atoms with Crippen molar-refractivity contribution in [2.24, 2.45) is 0 Å². The van der Waals surface area contributed by atoms with Crippen molar-refractivity contribution in [1.29, 1.82) is 0 Å². The smallest absolute Gasteiger partial charge is 0.243 e. The lowest BCUT2D eigenvalue weighted by Crippen LogP contribution is -2.31. The molecule has 2 heterocycles. The number of ether oxygens (including phenoxy) is 2. The number of nitrogens with zero attached hydrogens (tertiary/aromatic N) is 3. The van der Waals surface area contributed by atoms with Crippen LogP contribution in [0.15, 0.2) is 59.8 Å². The van der Waals surface area contributed by atoms with Crippen LogP contribution in [0.25, 0.3) is 10.8 Å². The zero-order chi connectivity index (χ0) is 18.9. The molecule has 3 aromatic rings. The Morgan fingerprint density at radius 2 is 1.85 bits per heavy atom. The van der Waals surface area contributed by atoms with Crippen molar-refractivity contribution in [3.05, 3.63) is 54.9 Å². The highest BCUT2D eigenvalue weighted by molar-refractivity contribution is 7.89. The first kappa shape index (κ1) is 17.7. The van der Waals surface area contributed by atoms with Gasteiger partial charge in [0.15, 0.2) is 0 Å². The van der Waals surface area contributed by atoms with Gasteiger partial charge in [-0.3, -0.25) is 4.98 Å². The Labute approximate surface area is 157 Å². The second kappa shape index (κ2) is 7.13. The second-order valence-corrected chi connectivity index (χ2v) is 8.17. The summed E-state index contributed by atoms with van der Waals surface area (Å²) in [6.45, 7) is 0.665. The summed E-state index contributed by atoms with van der Waals surface area (Å²) in [5.41, 5.74) is 0. The highest BCUT2D eigenvalue weighted by Crippen LogP contribution is 2.28. The number of fused-ring (bicyclic) bond motifs is 1. The SMILES string of the molecule is COc1cncc(OC2CCN(S(=O)(=O)c3cccc4ccccc34)C2)n1. The zero-order valence-corrected chi connectivity index (χ0v) is 15.6. The summed E-state index contributed by atoms with van der Waals surface area (Å²) in [4.78, 5) is 8.49. The molecule has 1 aromatic heterocycles. The van der Waals surface area contributed by atoms with Gasteiger partial charge in [0.25, 0.3) is 0 Å². The Kier molecular flexibility index (Phi) is 4.67. The van der Waals surface area contributed by atoms with Gasteiger partial charge in [0.2, 0.25) is 21.8 Å². The first-order valence-electron chi connectivity index (χ1n) is 8.58. The molecule has 0 saturated carbocycles. The number of aromatic nitrogens is 2. The fraction of sp³-hybridized carbons (Fsp3) is 0.263. The van der Waals surface area contributed by atoms with E-state index in [1.54, 1.807) is 12.1 Å². The third-order valence-corrected chi connectivity index (χ3v) is 6.49. The summed E-state index contributed by atoms with van der Waals surface area (Å²) >= 11 is 0. The Hall–Kier alpha value is -2.71. The third-order valence-electron chi connectivity index (χ3n) is 4.56. The van der Waals surface area contributed by atoms with E-state index in [2.05, 4.69) is 9.97 Å². The number of sulfonamides is 1. The lowest BCUT2D eigenvalue weighted by Gasteiger charge is -2.18. The molecule has 0 radical (unpaired) electrons. The summed E-state index contributed by atoms with van der Waals surface area (Å²) < 4.78 is 38.6. The van der Waals surface area contributed by atoms with E-state index in [1.165, 1.54) is 23.8 Å². The van der Waals surface area contributed by atoms with Gasteiger partial charge in [0.05, 0.1) is 30.9 Å². The Bertz CT molecular complexity index is 1070. The summed E-state index contributed by atoms with van der Waals surface area (Å²) in [6, 6.07) is 12.8. The molecule has 0 bridgehead atoms. The van der Waals surface area contributed by atoms with Crippen molar-refractivity contribution < 1.29 is 17.9 Å². The molecule has 1 saturated heterocycles. The van der Waals surface area contributed by atoms with Crippen LogP contribution in [0.5, 0.6) is 11.8 Å². The van der Waals surface area contributed by atoms with E-state index >= 15 is 0 Å². The topological polar surface area (TPSA) is 81.6 Å². The van der Waals surface area contributed by atoms with E-state index in [0.717, 1.165) is 10.8 Å². The molecule has 8 heteroatoms. The van der Waals surface area contributed by atoms with Gasteiger partial charge in [-0.2, -0.15) is 9.29 Å². The Morgan fingerprint density at radius 3 is 2.70 bits per heavy atom. The molecule has 1 aliphatic rings. The second-order valence-electron chi connectivity index (χ2n) is 6.27. The molecule has 1 fully saturated rings. The lowest BCUT2D eigenvalue weighted by molar-refractivity contribution is 0.203. The van der Waals surface area contributed by atoms with Crippen LogP contribution in [0, 0.1) is 0 Å². The monoisotopic (exact) mass is 385 g/mol. The van der Waals surface area contributed by atoms with Gasteiger partial charge in [-0.1, -0.05) is 36.4 Å². The molecule has 0 spiro atoms. The molecule has 140 valence electrons. The normalized spacial score (nSPS) is 17.9. The summed E-state index contributed by atoms with van der Waals surface area (Å²) in [5.74, 6) is 0.675. The molecule has 4 rings (SSSR count). The van der Waals surface area contributed by atoms with Crippen LogP contribution in [0.2, 0.25) is 0 Å². The first-order chi connectivity index (χ1) is 13.1. The number of hydrogen-bond donors (Lipinski definition) is 0. The van der Waals surface area contributed by atoms with Crippen LogP contribution in [0.3, 0.4) is 0 Å². The van der Waals surface area contributed by atoms with E-state index in [0.29, 0.717) is 29.6 Å². The predicted octanol–water partition coefficient (Wildman–Crippen LogP) is 2.48. The molecule has 7 nitrogen and oxygen atoms in total. The summed E-state index contributed by atoms with van der Waals surface area (Å²) in [6.07, 6.45) is 3.28. The molecule has 1 aliphatic heterocycles. The van der Waals surface area contributed by atoms with Gasteiger partial charge in [-0.15, -0.1) is 0 Å². The maximum Gasteiger partial charge on any atom is 0.243 e. The minimum atomic E-state index is -3.61. The highest BCUT2D eigenvalue weighted by atomic mass is 32.2. The van der Waals surface area contributed by atoms with Gasteiger partial charge >= 0.3 is 0 Å².